The van der Waals surface area contributed by atoms with Crippen molar-refractivity contribution < 1.29 is 14.7 Å². The molecule has 0 spiro atoms. The Balaban J connectivity index is 1.73. The predicted octanol–water partition coefficient (Wildman–Crippen LogP) is 3.75. The number of thioether (sulfide) groups is 1. The highest BCUT2D eigenvalue weighted by atomic mass is 32.2. The molecule has 29 heavy (non-hydrogen) atoms. The second-order valence-corrected chi connectivity index (χ2v) is 9.86. The van der Waals surface area contributed by atoms with Crippen molar-refractivity contribution in [2.24, 2.45) is 0 Å². The molecule has 3 aliphatic rings. The predicted molar refractivity (Wildman–Crippen MR) is 115 cm³/mol. The molecule has 1 aromatic rings. The molecule has 2 N–H and O–H groups in total. The fourth-order valence-corrected chi connectivity index (χ4v) is 6.86. The van der Waals surface area contributed by atoms with E-state index in [1.54, 1.807) is 11.8 Å². The Morgan fingerprint density at radius 3 is 2.69 bits per heavy atom. The topological polar surface area (TPSA) is 69.6 Å². The lowest BCUT2D eigenvalue weighted by Gasteiger charge is -2.49. The van der Waals surface area contributed by atoms with Crippen LogP contribution in [0.4, 0.5) is 0 Å². The number of hydrogen-bond donors (Lipinski definition) is 2. The highest BCUT2D eigenvalue weighted by Gasteiger charge is 2.55. The van der Waals surface area contributed by atoms with Gasteiger partial charge in [-0.15, -0.1) is 11.8 Å². The summed E-state index contributed by atoms with van der Waals surface area (Å²) in [5.41, 5.74) is -0.138. The summed E-state index contributed by atoms with van der Waals surface area (Å²) in [6, 6.07) is 7.96. The van der Waals surface area contributed by atoms with Crippen LogP contribution in [0.5, 0.6) is 0 Å². The van der Waals surface area contributed by atoms with E-state index in [1.165, 1.54) is 6.42 Å². The van der Waals surface area contributed by atoms with E-state index in [4.69, 9.17) is 0 Å². The molecule has 158 valence electrons. The van der Waals surface area contributed by atoms with Gasteiger partial charge in [0.05, 0.1) is 5.56 Å². The minimum absolute atomic E-state index is 0.0174. The molecule has 2 amide bonds. The Kier molecular flexibility index (Phi) is 6.50. The monoisotopic (exact) mass is 416 g/mol. The number of nitrogens with one attached hydrogen (secondary N) is 1. The fraction of sp³-hybridized carbons (Fsp3) is 0.652. The Labute approximate surface area is 177 Å². The quantitative estimate of drug-likeness (QED) is 0.767. The highest BCUT2D eigenvalue weighted by Crippen LogP contribution is 2.48. The first kappa shape index (κ1) is 20.7. The summed E-state index contributed by atoms with van der Waals surface area (Å²) in [5, 5.41) is 12.9. The zero-order chi connectivity index (χ0) is 20.3. The minimum Gasteiger partial charge on any atom is -0.396 e. The van der Waals surface area contributed by atoms with Gasteiger partial charge in [-0.2, -0.15) is 0 Å². The van der Waals surface area contributed by atoms with Crippen LogP contribution in [0.2, 0.25) is 0 Å². The van der Waals surface area contributed by atoms with Gasteiger partial charge >= 0.3 is 0 Å². The van der Waals surface area contributed by atoms with Crippen LogP contribution in [-0.4, -0.2) is 51.8 Å². The second-order valence-electron chi connectivity index (χ2n) is 8.62. The summed E-state index contributed by atoms with van der Waals surface area (Å²) in [4.78, 5) is 30.3. The molecule has 2 atom stereocenters. The Bertz CT molecular complexity index is 749. The Morgan fingerprint density at radius 1 is 1.14 bits per heavy atom. The average Bonchev–Trinajstić information content (AvgIpc) is 2.86. The third-order valence-electron chi connectivity index (χ3n) is 6.79. The first-order chi connectivity index (χ1) is 14.2. The van der Waals surface area contributed by atoms with E-state index >= 15 is 0 Å². The molecule has 1 heterocycles. The smallest absolute Gasteiger partial charge is 0.255 e. The number of benzene rings is 1. The van der Waals surface area contributed by atoms with Crippen LogP contribution in [0.3, 0.4) is 0 Å². The van der Waals surface area contributed by atoms with Crippen LogP contribution in [0, 0.1) is 0 Å². The molecule has 5 nitrogen and oxygen atoms in total. The second kappa shape index (κ2) is 9.09. The molecule has 0 bridgehead atoms. The lowest BCUT2D eigenvalue weighted by Crippen LogP contribution is -2.67. The third kappa shape index (κ3) is 3.93. The summed E-state index contributed by atoms with van der Waals surface area (Å²) in [7, 11) is 0. The van der Waals surface area contributed by atoms with Crippen LogP contribution >= 0.6 is 11.8 Å². The van der Waals surface area contributed by atoms with Gasteiger partial charge in [0, 0.05) is 29.3 Å². The fourth-order valence-electron chi connectivity index (χ4n) is 5.28. The first-order valence-electron chi connectivity index (χ1n) is 11.2. The van der Waals surface area contributed by atoms with Crippen molar-refractivity contribution in [1.82, 2.24) is 10.2 Å². The van der Waals surface area contributed by atoms with Crippen molar-refractivity contribution in [3.8, 4) is 0 Å². The van der Waals surface area contributed by atoms with Gasteiger partial charge in [0.15, 0.2) is 0 Å². The molecule has 4 rings (SSSR count). The van der Waals surface area contributed by atoms with E-state index in [0.717, 1.165) is 49.8 Å². The number of hydrogen-bond acceptors (Lipinski definition) is 4. The third-order valence-corrected chi connectivity index (χ3v) is 8.31. The van der Waals surface area contributed by atoms with E-state index in [-0.39, 0.29) is 29.7 Å². The van der Waals surface area contributed by atoms with Crippen LogP contribution in [-0.2, 0) is 4.79 Å². The molecular weight excluding hydrogens is 384 g/mol. The van der Waals surface area contributed by atoms with E-state index in [1.807, 2.05) is 29.2 Å². The van der Waals surface area contributed by atoms with E-state index in [2.05, 4.69) is 5.32 Å². The van der Waals surface area contributed by atoms with E-state index in [9.17, 15) is 14.7 Å². The SMILES string of the molecule is O=C1c2ccccc2S[C@@H]2CCCC[C@@]2(C(=O)NC2CCCCC2)N1CCCO. The van der Waals surface area contributed by atoms with Crippen molar-refractivity contribution in [2.45, 2.75) is 85.9 Å². The van der Waals surface area contributed by atoms with Crippen molar-refractivity contribution >= 4 is 23.6 Å². The van der Waals surface area contributed by atoms with Crippen molar-refractivity contribution in [3.63, 3.8) is 0 Å². The normalized spacial score (nSPS) is 27.7. The summed E-state index contributed by atoms with van der Waals surface area (Å²) in [5.74, 6) is -0.0366. The van der Waals surface area contributed by atoms with Crippen LogP contribution in [0.25, 0.3) is 0 Å². The van der Waals surface area contributed by atoms with Crippen LogP contribution < -0.4 is 5.32 Å². The molecule has 0 unspecified atom stereocenters. The molecule has 2 fully saturated rings. The summed E-state index contributed by atoms with van der Waals surface area (Å²) < 4.78 is 0. The molecular formula is C23H32N2O3S. The number of aliphatic hydroxyl groups is 1. The van der Waals surface area contributed by atoms with E-state index in [0.29, 0.717) is 24.9 Å². The number of carbonyl (C=O) groups excluding carboxylic acids is 2. The van der Waals surface area contributed by atoms with Gasteiger partial charge in [-0.25, -0.2) is 0 Å². The minimum atomic E-state index is -0.828. The number of aliphatic hydroxyl groups excluding tert-OH is 1. The number of amides is 2. The lowest BCUT2D eigenvalue weighted by atomic mass is 9.77. The van der Waals surface area contributed by atoms with Gasteiger partial charge in [0.1, 0.15) is 5.54 Å². The maximum Gasteiger partial charge on any atom is 0.255 e. The molecule has 6 heteroatoms. The van der Waals surface area contributed by atoms with Crippen molar-refractivity contribution in [3.05, 3.63) is 29.8 Å². The number of carbonyl (C=O) groups is 2. The first-order valence-corrected chi connectivity index (χ1v) is 12.0. The van der Waals surface area contributed by atoms with Gasteiger partial charge < -0.3 is 15.3 Å². The maximum atomic E-state index is 13.9. The molecule has 0 saturated heterocycles. The summed E-state index contributed by atoms with van der Waals surface area (Å²) >= 11 is 1.71. The molecule has 2 saturated carbocycles. The number of rotatable bonds is 5. The summed E-state index contributed by atoms with van der Waals surface area (Å²) in [6.07, 6.45) is 9.79. The highest BCUT2D eigenvalue weighted by molar-refractivity contribution is 8.00. The maximum absolute atomic E-state index is 13.9. The Hall–Kier alpha value is -1.53. The van der Waals surface area contributed by atoms with Crippen LogP contribution in [0.15, 0.2) is 29.2 Å². The Morgan fingerprint density at radius 2 is 1.90 bits per heavy atom. The molecule has 0 aromatic heterocycles. The van der Waals surface area contributed by atoms with Gasteiger partial charge in [-0.3, -0.25) is 9.59 Å². The zero-order valence-electron chi connectivity index (χ0n) is 17.1. The van der Waals surface area contributed by atoms with E-state index < -0.39 is 5.54 Å². The van der Waals surface area contributed by atoms with Crippen molar-refractivity contribution in [2.75, 3.05) is 13.2 Å². The van der Waals surface area contributed by atoms with Crippen molar-refractivity contribution in [1.29, 1.82) is 0 Å². The number of fused-ring (bicyclic) bond motifs is 2. The molecule has 0 radical (unpaired) electrons. The zero-order valence-corrected chi connectivity index (χ0v) is 17.9. The summed E-state index contributed by atoms with van der Waals surface area (Å²) in [6.45, 7) is 0.433. The molecule has 1 aliphatic heterocycles. The standard InChI is InChI=1S/C23H32N2O3S/c26-16-8-15-25-21(27)18-11-4-5-12-19(18)29-20-13-6-7-14-23(20,25)22(28)24-17-9-2-1-3-10-17/h4-5,11-12,17,20,26H,1-3,6-10,13-16H2,(H,24,28)/t20-,23-/m1/s1. The van der Waals surface area contributed by atoms with Gasteiger partial charge in [0.2, 0.25) is 5.91 Å². The molecule has 2 aliphatic carbocycles. The van der Waals surface area contributed by atoms with Gasteiger partial charge in [-0.05, 0) is 44.2 Å². The van der Waals surface area contributed by atoms with Crippen LogP contribution in [0.1, 0.15) is 74.6 Å². The average molecular weight is 417 g/mol. The lowest BCUT2D eigenvalue weighted by molar-refractivity contribution is -0.135. The largest absolute Gasteiger partial charge is 0.396 e. The van der Waals surface area contributed by atoms with Gasteiger partial charge in [-0.1, -0.05) is 44.2 Å². The number of nitrogens with zero attached hydrogens (tertiary/aromatic N) is 1. The van der Waals surface area contributed by atoms with Gasteiger partial charge in [0.25, 0.3) is 5.91 Å². The molecule has 1 aromatic carbocycles.